The summed E-state index contributed by atoms with van der Waals surface area (Å²) in [6.45, 7) is 10.6. The van der Waals surface area contributed by atoms with Crippen LogP contribution in [0.5, 0.6) is 0 Å². The third kappa shape index (κ3) is 4.78. The summed E-state index contributed by atoms with van der Waals surface area (Å²) in [5, 5.41) is 14.1. The molecule has 0 saturated carbocycles. The van der Waals surface area contributed by atoms with Crippen molar-refractivity contribution in [2.75, 3.05) is 10.6 Å². The first kappa shape index (κ1) is 17.9. The smallest absolute Gasteiger partial charge is 0.256 e. The lowest BCUT2D eigenvalue weighted by molar-refractivity contribution is 0.102. The summed E-state index contributed by atoms with van der Waals surface area (Å²) in [4.78, 5) is 12.3. The van der Waals surface area contributed by atoms with E-state index >= 15 is 0 Å². The molecule has 5 heteroatoms. The molecule has 0 fully saturated rings. The Hall–Kier alpha value is -2.43. The van der Waals surface area contributed by atoms with Gasteiger partial charge in [-0.2, -0.15) is 0 Å². The lowest BCUT2D eigenvalue weighted by Crippen LogP contribution is -2.17. The van der Waals surface area contributed by atoms with E-state index in [9.17, 15) is 4.79 Å². The highest BCUT2D eigenvalue weighted by atomic mass is 16.1. The van der Waals surface area contributed by atoms with Gasteiger partial charge in [-0.1, -0.05) is 39.8 Å². The monoisotopic (exact) mass is 326 g/mol. The number of hydrogen-bond donors (Lipinski definition) is 2. The van der Waals surface area contributed by atoms with Crippen molar-refractivity contribution in [3.63, 3.8) is 0 Å². The van der Waals surface area contributed by atoms with Crippen molar-refractivity contribution in [2.45, 2.75) is 52.5 Å². The molecule has 0 spiro atoms. The van der Waals surface area contributed by atoms with E-state index in [2.05, 4.69) is 55.4 Å². The second-order valence-electron chi connectivity index (χ2n) is 7.04. The molecule has 128 valence electrons. The van der Waals surface area contributed by atoms with Gasteiger partial charge in [0.1, 0.15) is 5.82 Å². The number of hydrogen-bond acceptors (Lipinski definition) is 4. The standard InChI is InChI=1S/C19H26N4O/c1-6-13(2)20-16-11-12-17(23-22-16)21-18(24)14-7-9-15(10-8-14)19(3,4)5/h7-13H,6H2,1-5H3,(H,20,22)(H,21,23,24). The zero-order valence-electron chi connectivity index (χ0n) is 15.1. The van der Waals surface area contributed by atoms with Crippen molar-refractivity contribution in [3.05, 3.63) is 47.5 Å². The number of rotatable bonds is 5. The molecular weight excluding hydrogens is 300 g/mol. The van der Waals surface area contributed by atoms with E-state index in [1.165, 1.54) is 5.56 Å². The van der Waals surface area contributed by atoms with Crippen LogP contribution in [0.1, 0.15) is 57.0 Å². The molecule has 24 heavy (non-hydrogen) atoms. The van der Waals surface area contributed by atoms with E-state index in [1.54, 1.807) is 6.07 Å². The van der Waals surface area contributed by atoms with Crippen LogP contribution in [0.3, 0.4) is 0 Å². The van der Waals surface area contributed by atoms with E-state index in [0.717, 1.165) is 6.42 Å². The lowest BCUT2D eigenvalue weighted by Gasteiger charge is -2.19. The number of aromatic nitrogens is 2. The molecule has 0 saturated heterocycles. The fourth-order valence-electron chi connectivity index (χ4n) is 2.14. The van der Waals surface area contributed by atoms with Gasteiger partial charge in [-0.25, -0.2) is 0 Å². The van der Waals surface area contributed by atoms with Crippen LogP contribution in [0, 0.1) is 0 Å². The van der Waals surface area contributed by atoms with Gasteiger partial charge in [0.05, 0.1) is 0 Å². The molecule has 0 aliphatic carbocycles. The highest BCUT2D eigenvalue weighted by molar-refractivity contribution is 6.03. The molecule has 2 aromatic rings. The Morgan fingerprint density at radius 1 is 1.04 bits per heavy atom. The first-order chi connectivity index (χ1) is 11.3. The van der Waals surface area contributed by atoms with Crippen LogP contribution in [-0.4, -0.2) is 22.1 Å². The molecule has 0 radical (unpaired) electrons. The summed E-state index contributed by atoms with van der Waals surface area (Å²) in [7, 11) is 0. The summed E-state index contributed by atoms with van der Waals surface area (Å²) in [6.07, 6.45) is 1.00. The lowest BCUT2D eigenvalue weighted by atomic mass is 9.87. The average Bonchev–Trinajstić information content (AvgIpc) is 2.55. The zero-order chi connectivity index (χ0) is 17.7. The number of amides is 1. The van der Waals surface area contributed by atoms with Crippen molar-refractivity contribution >= 4 is 17.5 Å². The second kappa shape index (κ2) is 7.43. The normalized spacial score (nSPS) is 12.5. The maximum atomic E-state index is 12.3. The van der Waals surface area contributed by atoms with Crippen molar-refractivity contribution in [2.24, 2.45) is 0 Å². The summed E-state index contributed by atoms with van der Waals surface area (Å²) < 4.78 is 0. The molecule has 5 nitrogen and oxygen atoms in total. The van der Waals surface area contributed by atoms with Gasteiger partial charge in [0.25, 0.3) is 5.91 Å². The quantitative estimate of drug-likeness (QED) is 0.862. The van der Waals surface area contributed by atoms with Gasteiger partial charge in [0.2, 0.25) is 0 Å². The topological polar surface area (TPSA) is 66.9 Å². The van der Waals surface area contributed by atoms with Crippen molar-refractivity contribution in [3.8, 4) is 0 Å². The maximum absolute atomic E-state index is 12.3. The number of nitrogens with zero attached hydrogens (tertiary/aromatic N) is 2. The molecule has 0 bridgehead atoms. The minimum Gasteiger partial charge on any atom is -0.366 e. The third-order valence-electron chi connectivity index (χ3n) is 3.93. The number of benzene rings is 1. The highest BCUT2D eigenvalue weighted by Crippen LogP contribution is 2.22. The Morgan fingerprint density at radius 2 is 1.62 bits per heavy atom. The fraction of sp³-hybridized carbons (Fsp3) is 0.421. The minimum atomic E-state index is -0.188. The first-order valence-corrected chi connectivity index (χ1v) is 8.31. The van der Waals surface area contributed by atoms with Crippen LogP contribution >= 0.6 is 0 Å². The molecule has 1 atom stereocenters. The predicted octanol–water partition coefficient (Wildman–Crippen LogP) is 4.24. The highest BCUT2D eigenvalue weighted by Gasteiger charge is 2.14. The fourth-order valence-corrected chi connectivity index (χ4v) is 2.14. The van der Waals surface area contributed by atoms with Gasteiger partial charge >= 0.3 is 0 Å². The number of carbonyl (C=O) groups is 1. The Balaban J connectivity index is 2.01. The minimum absolute atomic E-state index is 0.0684. The molecule has 1 aromatic heterocycles. The largest absolute Gasteiger partial charge is 0.366 e. The number of nitrogens with one attached hydrogen (secondary N) is 2. The Morgan fingerprint density at radius 3 is 2.12 bits per heavy atom. The van der Waals surface area contributed by atoms with Crippen molar-refractivity contribution < 1.29 is 4.79 Å². The van der Waals surface area contributed by atoms with E-state index in [0.29, 0.717) is 23.2 Å². The van der Waals surface area contributed by atoms with Crippen LogP contribution in [0.2, 0.25) is 0 Å². The summed E-state index contributed by atoms with van der Waals surface area (Å²) in [6, 6.07) is 11.5. The van der Waals surface area contributed by atoms with E-state index in [-0.39, 0.29) is 11.3 Å². The van der Waals surface area contributed by atoms with Gasteiger partial charge in [0.15, 0.2) is 5.82 Å². The molecule has 0 aliphatic heterocycles. The van der Waals surface area contributed by atoms with Gasteiger partial charge in [0, 0.05) is 11.6 Å². The van der Waals surface area contributed by atoms with E-state index in [4.69, 9.17) is 0 Å². The molecule has 2 rings (SSSR count). The van der Waals surface area contributed by atoms with Crippen molar-refractivity contribution in [1.82, 2.24) is 10.2 Å². The summed E-state index contributed by atoms with van der Waals surface area (Å²) in [5.74, 6) is 0.957. The van der Waals surface area contributed by atoms with Crippen LogP contribution in [0.4, 0.5) is 11.6 Å². The number of anilines is 2. The predicted molar refractivity (Wildman–Crippen MR) is 98.5 cm³/mol. The van der Waals surface area contributed by atoms with Crippen LogP contribution in [0.25, 0.3) is 0 Å². The first-order valence-electron chi connectivity index (χ1n) is 8.31. The average molecular weight is 326 g/mol. The third-order valence-corrected chi connectivity index (χ3v) is 3.93. The summed E-state index contributed by atoms with van der Waals surface area (Å²) in [5.41, 5.74) is 1.87. The Labute approximate surface area is 143 Å². The zero-order valence-corrected chi connectivity index (χ0v) is 15.1. The van der Waals surface area contributed by atoms with E-state index in [1.807, 2.05) is 30.3 Å². The summed E-state index contributed by atoms with van der Waals surface area (Å²) >= 11 is 0. The van der Waals surface area contributed by atoms with Crippen LogP contribution < -0.4 is 10.6 Å². The Bertz CT molecular complexity index is 672. The SMILES string of the molecule is CCC(C)Nc1ccc(NC(=O)c2ccc(C(C)(C)C)cc2)nn1. The van der Waals surface area contributed by atoms with Crippen LogP contribution in [-0.2, 0) is 5.41 Å². The van der Waals surface area contributed by atoms with E-state index < -0.39 is 0 Å². The molecule has 0 aliphatic rings. The van der Waals surface area contributed by atoms with Crippen molar-refractivity contribution in [1.29, 1.82) is 0 Å². The molecule has 1 heterocycles. The van der Waals surface area contributed by atoms with Gasteiger partial charge in [-0.15, -0.1) is 10.2 Å². The van der Waals surface area contributed by atoms with Gasteiger partial charge in [-0.3, -0.25) is 4.79 Å². The molecule has 1 amide bonds. The van der Waals surface area contributed by atoms with Gasteiger partial charge < -0.3 is 10.6 Å². The van der Waals surface area contributed by atoms with Crippen LogP contribution in [0.15, 0.2) is 36.4 Å². The Kier molecular flexibility index (Phi) is 5.54. The van der Waals surface area contributed by atoms with Gasteiger partial charge in [-0.05, 0) is 48.6 Å². The maximum Gasteiger partial charge on any atom is 0.256 e. The molecule has 1 aromatic carbocycles. The molecular formula is C19H26N4O. The molecule has 2 N–H and O–H groups in total. The second-order valence-corrected chi connectivity index (χ2v) is 7.04. The number of carbonyl (C=O) groups excluding carboxylic acids is 1. The molecule has 1 unspecified atom stereocenters.